The number of benzene rings is 1. The summed E-state index contributed by atoms with van der Waals surface area (Å²) in [6.45, 7) is 1.15. The third-order valence-electron chi connectivity index (χ3n) is 5.23. The molecule has 0 saturated carbocycles. The molecule has 2 aromatic heterocycles. The first kappa shape index (κ1) is 17.6. The third-order valence-corrected chi connectivity index (χ3v) is 5.23. The first-order chi connectivity index (χ1) is 13.0. The van der Waals surface area contributed by atoms with Crippen LogP contribution in [0.3, 0.4) is 0 Å². The highest BCUT2D eigenvalue weighted by Crippen LogP contribution is 2.27. The van der Waals surface area contributed by atoms with Crippen molar-refractivity contribution in [3.63, 3.8) is 0 Å². The van der Waals surface area contributed by atoms with Gasteiger partial charge < -0.3 is 10.0 Å². The van der Waals surface area contributed by atoms with E-state index < -0.39 is 5.60 Å². The molecule has 3 aromatic rings. The fourth-order valence-electron chi connectivity index (χ4n) is 3.60. The van der Waals surface area contributed by atoms with Crippen LogP contribution in [0.4, 0.5) is 4.39 Å². The van der Waals surface area contributed by atoms with Gasteiger partial charge in [0.25, 0.3) is 0 Å². The van der Waals surface area contributed by atoms with Crippen LogP contribution < -0.4 is 0 Å². The number of nitrogens with zero attached hydrogens (tertiary/aromatic N) is 4. The summed E-state index contributed by atoms with van der Waals surface area (Å²) >= 11 is 0. The van der Waals surface area contributed by atoms with Gasteiger partial charge in [-0.15, -0.1) is 0 Å². The van der Waals surface area contributed by atoms with Crippen molar-refractivity contribution >= 4 is 16.8 Å². The molecule has 1 aliphatic rings. The lowest BCUT2D eigenvalue weighted by Gasteiger charge is -2.38. The van der Waals surface area contributed by atoms with Crippen LogP contribution >= 0.6 is 0 Å². The molecule has 27 heavy (non-hydrogen) atoms. The molecule has 1 N–H and O–H groups in total. The Morgan fingerprint density at radius 1 is 1.15 bits per heavy atom. The zero-order valence-corrected chi connectivity index (χ0v) is 14.9. The highest BCUT2D eigenvalue weighted by atomic mass is 19.1. The van der Waals surface area contributed by atoms with Crippen LogP contribution in [0.15, 0.2) is 48.9 Å². The number of amides is 1. The highest BCUT2D eigenvalue weighted by Gasteiger charge is 2.34. The zero-order valence-electron chi connectivity index (χ0n) is 14.9. The maximum atomic E-state index is 13.0. The van der Waals surface area contributed by atoms with Crippen molar-refractivity contribution in [2.24, 2.45) is 0 Å². The number of rotatable bonds is 4. The molecule has 1 fully saturated rings. The first-order valence-corrected chi connectivity index (χ1v) is 9.03. The second-order valence-electron chi connectivity index (χ2n) is 7.15. The van der Waals surface area contributed by atoms with Gasteiger partial charge in [-0.25, -0.2) is 4.39 Å². The molecule has 1 amide bonds. The van der Waals surface area contributed by atoms with Crippen LogP contribution in [0, 0.1) is 5.82 Å². The van der Waals surface area contributed by atoms with Crippen molar-refractivity contribution in [2.45, 2.75) is 31.4 Å². The normalized spacial score (nSPS) is 16.6. The molecule has 1 aromatic carbocycles. The van der Waals surface area contributed by atoms with E-state index in [4.69, 9.17) is 0 Å². The molecule has 7 heteroatoms. The monoisotopic (exact) mass is 368 g/mol. The fraction of sp³-hybridized carbons (Fsp3) is 0.350. The van der Waals surface area contributed by atoms with E-state index in [0.29, 0.717) is 32.4 Å². The number of piperidine rings is 1. The Morgan fingerprint density at radius 2 is 1.89 bits per heavy atom. The topological polar surface area (TPSA) is 71.2 Å². The lowest BCUT2D eigenvalue weighted by Crippen LogP contribution is -2.48. The van der Waals surface area contributed by atoms with Gasteiger partial charge in [0.05, 0.1) is 23.5 Å². The summed E-state index contributed by atoms with van der Waals surface area (Å²) in [5.74, 6) is -0.305. The molecular weight excluding hydrogens is 347 g/mol. The Kier molecular flexibility index (Phi) is 4.61. The minimum Gasteiger partial charge on any atom is -0.389 e. The average Bonchev–Trinajstić information content (AvgIpc) is 3.07. The number of fused-ring (bicyclic) bond motifs is 1. The largest absolute Gasteiger partial charge is 0.389 e. The number of hydrogen-bond donors (Lipinski definition) is 1. The third kappa shape index (κ3) is 3.83. The zero-order chi connectivity index (χ0) is 18.9. The van der Waals surface area contributed by atoms with Gasteiger partial charge in [-0.3, -0.25) is 14.5 Å². The van der Waals surface area contributed by atoms with Crippen LogP contribution in [-0.4, -0.2) is 49.4 Å². The quantitative estimate of drug-likeness (QED) is 0.766. The first-order valence-electron chi connectivity index (χ1n) is 9.03. The van der Waals surface area contributed by atoms with Crippen LogP contribution in [0.2, 0.25) is 0 Å². The molecule has 0 unspecified atom stereocenters. The van der Waals surface area contributed by atoms with Gasteiger partial charge in [0.2, 0.25) is 5.91 Å². The number of carbonyl (C=O) groups excluding carboxylic acids is 1. The molecule has 0 atom stereocenters. The van der Waals surface area contributed by atoms with Gasteiger partial charge >= 0.3 is 0 Å². The van der Waals surface area contributed by atoms with Crippen molar-refractivity contribution in [3.8, 4) is 0 Å². The van der Waals surface area contributed by atoms with Gasteiger partial charge in [-0.1, -0.05) is 12.1 Å². The Hall–Kier alpha value is -2.80. The van der Waals surface area contributed by atoms with Gasteiger partial charge in [0, 0.05) is 31.1 Å². The summed E-state index contributed by atoms with van der Waals surface area (Å²) in [5, 5.41) is 16.1. The van der Waals surface area contributed by atoms with E-state index in [9.17, 15) is 14.3 Å². The molecule has 0 radical (unpaired) electrons. The SMILES string of the molecule is O=C(Cn1ncc2ccncc21)N1CCC(O)(Cc2ccc(F)cc2)CC1. The highest BCUT2D eigenvalue weighted by molar-refractivity contribution is 5.81. The number of aromatic nitrogens is 3. The van der Waals surface area contributed by atoms with E-state index in [0.717, 1.165) is 16.5 Å². The van der Waals surface area contributed by atoms with E-state index in [1.165, 1.54) is 12.1 Å². The van der Waals surface area contributed by atoms with Crippen molar-refractivity contribution in [3.05, 3.63) is 60.3 Å². The van der Waals surface area contributed by atoms with E-state index in [-0.39, 0.29) is 18.3 Å². The van der Waals surface area contributed by atoms with Crippen molar-refractivity contribution in [2.75, 3.05) is 13.1 Å². The number of carbonyl (C=O) groups is 1. The Labute approximate surface area is 156 Å². The van der Waals surface area contributed by atoms with Crippen molar-refractivity contribution < 1.29 is 14.3 Å². The molecular formula is C20H21FN4O2. The molecule has 3 heterocycles. The maximum Gasteiger partial charge on any atom is 0.244 e. The van der Waals surface area contributed by atoms with E-state index in [1.807, 2.05) is 6.07 Å². The van der Waals surface area contributed by atoms with Crippen LogP contribution in [-0.2, 0) is 17.8 Å². The molecule has 1 saturated heterocycles. The molecule has 0 bridgehead atoms. The lowest BCUT2D eigenvalue weighted by atomic mass is 9.85. The van der Waals surface area contributed by atoms with Gasteiger partial charge in [-0.05, 0) is 36.6 Å². The molecule has 1 aliphatic heterocycles. The molecule has 6 nitrogen and oxygen atoms in total. The Balaban J connectivity index is 1.37. The summed E-state index contributed by atoms with van der Waals surface area (Å²) in [7, 11) is 0. The van der Waals surface area contributed by atoms with E-state index in [2.05, 4.69) is 10.1 Å². The van der Waals surface area contributed by atoms with E-state index >= 15 is 0 Å². The number of pyridine rings is 1. The Morgan fingerprint density at radius 3 is 2.63 bits per heavy atom. The summed E-state index contributed by atoms with van der Waals surface area (Å²) < 4.78 is 14.7. The maximum absolute atomic E-state index is 13.0. The molecule has 140 valence electrons. The van der Waals surface area contributed by atoms with Gasteiger partial charge in [-0.2, -0.15) is 5.10 Å². The molecule has 0 aliphatic carbocycles. The predicted molar refractivity (Wildman–Crippen MR) is 98.4 cm³/mol. The number of hydrogen-bond acceptors (Lipinski definition) is 4. The average molecular weight is 368 g/mol. The van der Waals surface area contributed by atoms with Gasteiger partial charge in [0.1, 0.15) is 12.4 Å². The number of halogens is 1. The summed E-state index contributed by atoms with van der Waals surface area (Å²) in [6.07, 6.45) is 6.58. The van der Waals surface area contributed by atoms with E-state index in [1.54, 1.807) is 40.3 Å². The van der Waals surface area contributed by atoms with Gasteiger partial charge in [0.15, 0.2) is 0 Å². The second kappa shape index (κ2) is 7.08. The smallest absolute Gasteiger partial charge is 0.244 e. The van der Waals surface area contributed by atoms with Crippen molar-refractivity contribution in [1.82, 2.24) is 19.7 Å². The standard InChI is InChI=1S/C20H21FN4O2/c21-17-3-1-15(2-4-17)11-20(27)6-9-24(10-7-20)19(26)14-25-18-13-22-8-5-16(18)12-23-25/h1-5,8,12-13,27H,6-7,9-11,14H2. The molecule has 4 rings (SSSR count). The van der Waals surface area contributed by atoms with Crippen LogP contribution in [0.25, 0.3) is 10.9 Å². The summed E-state index contributed by atoms with van der Waals surface area (Å²) in [4.78, 5) is 18.5. The summed E-state index contributed by atoms with van der Waals surface area (Å²) in [6, 6.07) is 8.06. The van der Waals surface area contributed by atoms with Crippen LogP contribution in [0.1, 0.15) is 18.4 Å². The lowest BCUT2D eigenvalue weighted by molar-refractivity contribution is -0.136. The molecule has 0 spiro atoms. The predicted octanol–water partition coefficient (Wildman–Crippen LogP) is 2.17. The number of likely N-dealkylation sites (tertiary alicyclic amines) is 1. The second-order valence-corrected chi connectivity index (χ2v) is 7.15. The Bertz CT molecular complexity index is 946. The fourth-order valence-corrected chi connectivity index (χ4v) is 3.60. The minimum absolute atomic E-state index is 0.0207. The minimum atomic E-state index is -0.864. The number of aliphatic hydroxyl groups is 1. The summed E-state index contributed by atoms with van der Waals surface area (Å²) in [5.41, 5.74) is 0.863. The van der Waals surface area contributed by atoms with Crippen molar-refractivity contribution in [1.29, 1.82) is 0 Å². The van der Waals surface area contributed by atoms with Crippen LogP contribution in [0.5, 0.6) is 0 Å².